The van der Waals surface area contributed by atoms with Crippen molar-refractivity contribution in [3.8, 4) is 0 Å². The van der Waals surface area contributed by atoms with Gasteiger partial charge in [-0.15, -0.1) is 0 Å². The summed E-state index contributed by atoms with van der Waals surface area (Å²) >= 11 is 5.77. The molecule has 0 radical (unpaired) electrons. The van der Waals surface area contributed by atoms with Gasteiger partial charge in [0.05, 0.1) is 0 Å². The van der Waals surface area contributed by atoms with Crippen molar-refractivity contribution in [2.45, 2.75) is 25.3 Å². The lowest BCUT2D eigenvalue weighted by Gasteiger charge is -2.35. The van der Waals surface area contributed by atoms with Crippen molar-refractivity contribution in [3.05, 3.63) is 17.5 Å². The fourth-order valence-corrected chi connectivity index (χ4v) is 2.18. The minimum absolute atomic E-state index is 0.300. The quantitative estimate of drug-likeness (QED) is 0.776. The molecule has 0 spiro atoms. The number of anilines is 1. The van der Waals surface area contributed by atoms with Crippen LogP contribution in [0.2, 0.25) is 5.28 Å². The zero-order chi connectivity index (χ0) is 10.7. The van der Waals surface area contributed by atoms with Crippen LogP contribution in [0, 0.1) is 0 Å². The number of rotatable bonds is 2. The highest BCUT2D eigenvalue weighted by Gasteiger charge is 2.22. The summed E-state index contributed by atoms with van der Waals surface area (Å²) in [6, 6.07) is 2.28. The highest BCUT2D eigenvalue weighted by atomic mass is 35.5. The van der Waals surface area contributed by atoms with Crippen molar-refractivity contribution in [1.29, 1.82) is 0 Å². The van der Waals surface area contributed by atoms with Crippen molar-refractivity contribution in [3.63, 3.8) is 0 Å². The molecule has 1 unspecified atom stereocenters. The van der Waals surface area contributed by atoms with E-state index in [0.29, 0.717) is 17.9 Å². The van der Waals surface area contributed by atoms with E-state index in [4.69, 9.17) is 17.3 Å². The van der Waals surface area contributed by atoms with Gasteiger partial charge in [0.1, 0.15) is 5.82 Å². The second-order valence-electron chi connectivity index (χ2n) is 3.76. The molecule has 2 heterocycles. The number of aromatic nitrogens is 2. The highest BCUT2D eigenvalue weighted by Crippen LogP contribution is 2.22. The summed E-state index contributed by atoms with van der Waals surface area (Å²) in [6.45, 7) is 1.68. The number of hydrogen-bond acceptors (Lipinski definition) is 4. The molecule has 1 atom stereocenters. The van der Waals surface area contributed by atoms with Crippen molar-refractivity contribution in [2.75, 3.05) is 18.0 Å². The van der Waals surface area contributed by atoms with E-state index in [2.05, 4.69) is 14.9 Å². The predicted molar refractivity (Wildman–Crippen MR) is 61.1 cm³/mol. The summed E-state index contributed by atoms with van der Waals surface area (Å²) in [4.78, 5) is 10.3. The van der Waals surface area contributed by atoms with Crippen LogP contribution in [0.15, 0.2) is 12.3 Å². The van der Waals surface area contributed by atoms with Gasteiger partial charge < -0.3 is 10.6 Å². The predicted octanol–water partition coefficient (Wildman–Crippen LogP) is 1.45. The molecule has 5 heteroatoms. The van der Waals surface area contributed by atoms with E-state index < -0.39 is 0 Å². The molecule has 1 saturated heterocycles. The van der Waals surface area contributed by atoms with E-state index in [0.717, 1.165) is 18.8 Å². The molecule has 0 saturated carbocycles. The Morgan fingerprint density at radius 3 is 3.13 bits per heavy atom. The maximum absolute atomic E-state index is 5.77. The van der Waals surface area contributed by atoms with Crippen LogP contribution in [0.1, 0.15) is 19.3 Å². The van der Waals surface area contributed by atoms with Gasteiger partial charge in [-0.1, -0.05) is 0 Å². The summed E-state index contributed by atoms with van der Waals surface area (Å²) in [6.07, 6.45) is 5.26. The number of nitrogens with two attached hydrogens (primary N) is 1. The van der Waals surface area contributed by atoms with Crippen LogP contribution in [-0.4, -0.2) is 29.1 Å². The zero-order valence-electron chi connectivity index (χ0n) is 8.56. The van der Waals surface area contributed by atoms with Gasteiger partial charge >= 0.3 is 0 Å². The molecule has 2 rings (SSSR count). The Hall–Kier alpha value is -0.870. The third kappa shape index (κ3) is 2.38. The minimum Gasteiger partial charge on any atom is -0.352 e. The van der Waals surface area contributed by atoms with Crippen LogP contribution in [0.25, 0.3) is 0 Å². The Bertz CT molecular complexity index is 331. The van der Waals surface area contributed by atoms with Crippen LogP contribution in [-0.2, 0) is 0 Å². The van der Waals surface area contributed by atoms with Crippen molar-refractivity contribution < 1.29 is 0 Å². The normalized spacial score (nSPS) is 21.7. The Morgan fingerprint density at radius 1 is 1.53 bits per heavy atom. The summed E-state index contributed by atoms with van der Waals surface area (Å²) < 4.78 is 0. The summed E-state index contributed by atoms with van der Waals surface area (Å²) in [5.74, 6) is 0.894. The smallest absolute Gasteiger partial charge is 0.224 e. The molecule has 0 aliphatic carbocycles. The Balaban J connectivity index is 2.20. The number of piperidine rings is 1. The maximum atomic E-state index is 5.77. The molecule has 0 amide bonds. The van der Waals surface area contributed by atoms with E-state index in [9.17, 15) is 0 Å². The summed E-state index contributed by atoms with van der Waals surface area (Å²) in [5, 5.41) is 0.300. The molecular weight excluding hydrogens is 212 g/mol. The summed E-state index contributed by atoms with van der Waals surface area (Å²) in [5.41, 5.74) is 5.75. The lowest BCUT2D eigenvalue weighted by molar-refractivity contribution is 0.462. The maximum Gasteiger partial charge on any atom is 0.224 e. The van der Waals surface area contributed by atoms with Gasteiger partial charge in [0.15, 0.2) is 0 Å². The molecule has 0 bridgehead atoms. The Labute approximate surface area is 94.5 Å². The zero-order valence-corrected chi connectivity index (χ0v) is 9.32. The monoisotopic (exact) mass is 226 g/mol. The van der Waals surface area contributed by atoms with E-state index in [1.165, 1.54) is 12.8 Å². The number of halogens is 1. The van der Waals surface area contributed by atoms with Crippen molar-refractivity contribution in [2.24, 2.45) is 5.73 Å². The second-order valence-corrected chi connectivity index (χ2v) is 4.10. The van der Waals surface area contributed by atoms with E-state index in [1.807, 2.05) is 6.07 Å². The topological polar surface area (TPSA) is 55.0 Å². The third-order valence-corrected chi connectivity index (χ3v) is 2.99. The van der Waals surface area contributed by atoms with Gasteiger partial charge in [0.2, 0.25) is 5.28 Å². The lowest BCUT2D eigenvalue weighted by atomic mass is 10.0. The molecule has 1 aliphatic rings. The van der Waals surface area contributed by atoms with Gasteiger partial charge in [-0.05, 0) is 36.9 Å². The average Bonchev–Trinajstić information content (AvgIpc) is 2.29. The Kier molecular flexibility index (Phi) is 3.38. The molecule has 1 fully saturated rings. The van der Waals surface area contributed by atoms with E-state index in [1.54, 1.807) is 6.20 Å². The first-order valence-electron chi connectivity index (χ1n) is 5.26. The standard InChI is InChI=1S/C10H15ClN4/c11-10-13-5-4-9(14-10)15-6-2-1-3-8(15)7-12/h4-5,8H,1-3,6-7,12H2. The SMILES string of the molecule is NCC1CCCCN1c1ccnc(Cl)n1. The van der Waals surface area contributed by atoms with Gasteiger partial charge in [0, 0.05) is 25.3 Å². The number of hydrogen-bond donors (Lipinski definition) is 1. The van der Waals surface area contributed by atoms with Gasteiger partial charge in [0.25, 0.3) is 0 Å². The van der Waals surface area contributed by atoms with Crippen molar-refractivity contribution in [1.82, 2.24) is 9.97 Å². The van der Waals surface area contributed by atoms with E-state index >= 15 is 0 Å². The number of nitrogens with zero attached hydrogens (tertiary/aromatic N) is 3. The van der Waals surface area contributed by atoms with Crippen LogP contribution >= 0.6 is 11.6 Å². The van der Waals surface area contributed by atoms with Gasteiger partial charge in [-0.2, -0.15) is 0 Å². The third-order valence-electron chi connectivity index (χ3n) is 2.80. The van der Waals surface area contributed by atoms with Gasteiger partial charge in [-0.3, -0.25) is 0 Å². The Morgan fingerprint density at radius 2 is 2.40 bits per heavy atom. The fraction of sp³-hybridized carbons (Fsp3) is 0.600. The van der Waals surface area contributed by atoms with E-state index in [-0.39, 0.29) is 0 Å². The average molecular weight is 227 g/mol. The molecular formula is C10H15ClN4. The molecule has 1 aromatic heterocycles. The van der Waals surface area contributed by atoms with Crippen LogP contribution in [0.4, 0.5) is 5.82 Å². The molecule has 2 N–H and O–H groups in total. The van der Waals surface area contributed by atoms with Crippen LogP contribution in [0.5, 0.6) is 0 Å². The van der Waals surface area contributed by atoms with Crippen molar-refractivity contribution >= 4 is 17.4 Å². The van der Waals surface area contributed by atoms with Crippen LogP contribution in [0.3, 0.4) is 0 Å². The molecule has 1 aromatic rings. The first-order valence-corrected chi connectivity index (χ1v) is 5.64. The minimum atomic E-state index is 0.300. The highest BCUT2D eigenvalue weighted by molar-refractivity contribution is 6.28. The second kappa shape index (κ2) is 4.77. The molecule has 1 aliphatic heterocycles. The summed E-state index contributed by atoms with van der Waals surface area (Å²) in [7, 11) is 0. The molecule has 0 aromatic carbocycles. The van der Waals surface area contributed by atoms with Gasteiger partial charge in [-0.25, -0.2) is 9.97 Å². The molecule has 4 nitrogen and oxygen atoms in total. The largest absolute Gasteiger partial charge is 0.352 e. The molecule has 15 heavy (non-hydrogen) atoms. The van der Waals surface area contributed by atoms with Crippen LogP contribution < -0.4 is 10.6 Å². The first-order chi connectivity index (χ1) is 7.31. The fourth-order valence-electron chi connectivity index (χ4n) is 2.03. The molecule has 82 valence electrons. The first kappa shape index (κ1) is 10.6. The lowest BCUT2D eigenvalue weighted by Crippen LogP contribution is -2.44.